The summed E-state index contributed by atoms with van der Waals surface area (Å²) in [7, 11) is -5.17. The molecule has 0 aliphatic rings. The molecule has 4 N–H and O–H groups in total. The van der Waals surface area contributed by atoms with Gasteiger partial charge in [0, 0.05) is 16.4 Å². The molecule has 0 aliphatic heterocycles. The Bertz CT molecular complexity index is 403. The van der Waals surface area contributed by atoms with Gasteiger partial charge in [0.15, 0.2) is 0 Å². The average Bonchev–Trinajstić information content (AvgIpc) is 2.29. The van der Waals surface area contributed by atoms with Gasteiger partial charge in [-0.1, -0.05) is 0 Å². The van der Waals surface area contributed by atoms with E-state index in [0.29, 0.717) is 11.5 Å². The summed E-state index contributed by atoms with van der Waals surface area (Å²) in [5, 5.41) is 3.98. The summed E-state index contributed by atoms with van der Waals surface area (Å²) in [5.74, 6) is 0.551. The molecule has 0 saturated carbocycles. The summed E-state index contributed by atoms with van der Waals surface area (Å²) in [5.41, 5.74) is 11.6. The minimum absolute atomic E-state index is 0.275. The van der Waals surface area contributed by atoms with E-state index in [1.807, 2.05) is 13.8 Å². The molecule has 0 unspecified atom stereocenters. The van der Waals surface area contributed by atoms with E-state index in [4.69, 9.17) is 29.0 Å². The van der Waals surface area contributed by atoms with E-state index in [1.165, 1.54) is 0 Å². The standard InChI is InChI=1S/C6H12N4.H2O4S/c1-4(2)10-6(8)5(7)3-9-10;1-5(2,3)4/h3-4H,7-8H2,1-2H3;(H2,1,2,3,4)/p-2. The van der Waals surface area contributed by atoms with Crippen LogP contribution in [0, 0.1) is 0 Å². The molecule has 0 amide bonds. The molecule has 88 valence electrons. The Kier molecular flexibility index (Phi) is 4.52. The maximum Gasteiger partial charge on any atom is 0.145 e. The van der Waals surface area contributed by atoms with Gasteiger partial charge in [0.2, 0.25) is 0 Å². The van der Waals surface area contributed by atoms with Gasteiger partial charge < -0.3 is 20.6 Å². The molecule has 15 heavy (non-hydrogen) atoms. The first-order valence-electron chi connectivity index (χ1n) is 3.88. The van der Waals surface area contributed by atoms with Crippen molar-refractivity contribution in [1.29, 1.82) is 0 Å². The molecule has 0 bridgehead atoms. The molecule has 0 fully saturated rings. The molecule has 9 heteroatoms. The molecule has 0 aliphatic carbocycles. The number of nitrogens with zero attached hydrogens (tertiary/aromatic N) is 2. The molecule has 1 aromatic heterocycles. The molecule has 0 saturated heterocycles. The summed E-state index contributed by atoms with van der Waals surface area (Å²) in [6.07, 6.45) is 1.56. The third kappa shape index (κ3) is 5.88. The van der Waals surface area contributed by atoms with E-state index in [0.717, 1.165) is 0 Å². The first-order chi connectivity index (χ1) is 6.63. The monoisotopic (exact) mass is 236 g/mol. The third-order valence-corrected chi connectivity index (χ3v) is 1.35. The molecule has 0 spiro atoms. The Labute approximate surface area is 87.5 Å². The second-order valence-electron chi connectivity index (χ2n) is 2.93. The van der Waals surface area contributed by atoms with Crippen LogP contribution in [-0.2, 0) is 10.4 Å². The van der Waals surface area contributed by atoms with Gasteiger partial charge in [-0.2, -0.15) is 5.10 Å². The number of nitrogens with two attached hydrogens (primary N) is 2. The van der Waals surface area contributed by atoms with Gasteiger partial charge in [-0.05, 0) is 13.8 Å². The molecule has 0 aromatic carbocycles. The molecule has 0 radical (unpaired) electrons. The van der Waals surface area contributed by atoms with Gasteiger partial charge in [0.1, 0.15) is 5.82 Å². The van der Waals surface area contributed by atoms with Crippen molar-refractivity contribution in [3.63, 3.8) is 0 Å². The average molecular weight is 236 g/mol. The lowest BCUT2D eigenvalue weighted by molar-refractivity contribution is 0.352. The van der Waals surface area contributed by atoms with Crippen LogP contribution in [-0.4, -0.2) is 27.3 Å². The van der Waals surface area contributed by atoms with Gasteiger partial charge in [0.25, 0.3) is 0 Å². The highest BCUT2D eigenvalue weighted by molar-refractivity contribution is 7.79. The van der Waals surface area contributed by atoms with E-state index >= 15 is 0 Å². The molecule has 0 atom stereocenters. The number of hydrogen-bond acceptors (Lipinski definition) is 7. The second kappa shape index (κ2) is 4.96. The Hall–Kier alpha value is -1.32. The number of anilines is 2. The normalized spacial score (nSPS) is 11.0. The minimum Gasteiger partial charge on any atom is -0.759 e. The smallest absolute Gasteiger partial charge is 0.145 e. The van der Waals surface area contributed by atoms with Crippen molar-refractivity contribution >= 4 is 21.9 Å². The fourth-order valence-electron chi connectivity index (χ4n) is 0.797. The van der Waals surface area contributed by atoms with Crippen molar-refractivity contribution in [1.82, 2.24) is 9.78 Å². The van der Waals surface area contributed by atoms with Crippen molar-refractivity contribution in [3.05, 3.63) is 6.20 Å². The quantitative estimate of drug-likeness (QED) is 0.482. The zero-order chi connectivity index (χ0) is 12.2. The zero-order valence-electron chi connectivity index (χ0n) is 8.25. The van der Waals surface area contributed by atoms with E-state index < -0.39 is 10.4 Å². The molecular formula is C6H12N4O4S-2. The summed E-state index contributed by atoms with van der Waals surface area (Å²) in [6, 6.07) is 0.275. The fourth-order valence-corrected chi connectivity index (χ4v) is 0.797. The van der Waals surface area contributed by atoms with E-state index in [2.05, 4.69) is 5.10 Å². The van der Waals surface area contributed by atoms with Crippen LogP contribution in [0.4, 0.5) is 11.5 Å². The Morgan fingerprint density at radius 1 is 1.40 bits per heavy atom. The maximum absolute atomic E-state index is 8.52. The summed E-state index contributed by atoms with van der Waals surface area (Å²) in [6.45, 7) is 4.01. The molecule has 1 aromatic rings. The lowest BCUT2D eigenvalue weighted by Crippen LogP contribution is -2.07. The predicted octanol–water partition coefficient (Wildman–Crippen LogP) is -0.710. The van der Waals surface area contributed by atoms with Crippen molar-refractivity contribution in [2.75, 3.05) is 11.5 Å². The van der Waals surface area contributed by atoms with Crippen LogP contribution in [0.15, 0.2) is 6.20 Å². The lowest BCUT2D eigenvalue weighted by atomic mass is 10.4. The van der Waals surface area contributed by atoms with E-state index in [9.17, 15) is 0 Å². The highest BCUT2D eigenvalue weighted by Crippen LogP contribution is 2.16. The zero-order valence-corrected chi connectivity index (χ0v) is 9.06. The van der Waals surface area contributed by atoms with Crippen LogP contribution in [0.3, 0.4) is 0 Å². The SMILES string of the molecule is CC(C)n1ncc(N)c1N.O=S(=O)([O-])[O-]. The first-order valence-corrected chi connectivity index (χ1v) is 5.21. The summed E-state index contributed by atoms with van der Waals surface area (Å²) >= 11 is 0. The predicted molar refractivity (Wildman–Crippen MR) is 51.9 cm³/mol. The second-order valence-corrected chi connectivity index (χ2v) is 3.75. The molecule has 1 heterocycles. The topological polar surface area (TPSA) is 150 Å². The third-order valence-electron chi connectivity index (χ3n) is 1.35. The molecule has 1 rings (SSSR count). The Morgan fingerprint density at radius 3 is 1.93 bits per heavy atom. The van der Waals surface area contributed by atoms with Crippen LogP contribution in [0.5, 0.6) is 0 Å². The largest absolute Gasteiger partial charge is 0.759 e. The van der Waals surface area contributed by atoms with Gasteiger partial charge in [0.05, 0.1) is 11.9 Å². The molecular weight excluding hydrogens is 224 g/mol. The van der Waals surface area contributed by atoms with Gasteiger partial charge in [-0.3, -0.25) is 8.42 Å². The van der Waals surface area contributed by atoms with Gasteiger partial charge >= 0.3 is 0 Å². The number of nitrogen functional groups attached to an aromatic ring is 2. The lowest BCUT2D eigenvalue weighted by Gasteiger charge is -2.06. The minimum atomic E-state index is -5.17. The van der Waals surface area contributed by atoms with E-state index in [1.54, 1.807) is 10.9 Å². The van der Waals surface area contributed by atoms with Crippen LogP contribution in [0.2, 0.25) is 0 Å². The number of aromatic nitrogens is 2. The maximum atomic E-state index is 8.52. The van der Waals surface area contributed by atoms with Crippen LogP contribution in [0.25, 0.3) is 0 Å². The summed E-state index contributed by atoms with van der Waals surface area (Å²) in [4.78, 5) is 0. The first kappa shape index (κ1) is 13.7. The van der Waals surface area contributed by atoms with Crippen LogP contribution >= 0.6 is 0 Å². The summed E-state index contributed by atoms with van der Waals surface area (Å²) < 4.78 is 35.8. The number of rotatable bonds is 1. The Morgan fingerprint density at radius 2 is 1.80 bits per heavy atom. The van der Waals surface area contributed by atoms with E-state index in [-0.39, 0.29) is 6.04 Å². The van der Waals surface area contributed by atoms with Gasteiger partial charge in [-0.25, -0.2) is 4.68 Å². The van der Waals surface area contributed by atoms with Crippen molar-refractivity contribution in [3.8, 4) is 0 Å². The van der Waals surface area contributed by atoms with Crippen molar-refractivity contribution in [2.45, 2.75) is 19.9 Å². The highest BCUT2D eigenvalue weighted by atomic mass is 32.3. The Balaban J connectivity index is 0.000000336. The van der Waals surface area contributed by atoms with Crippen molar-refractivity contribution < 1.29 is 17.5 Å². The van der Waals surface area contributed by atoms with Crippen LogP contribution in [0.1, 0.15) is 19.9 Å². The highest BCUT2D eigenvalue weighted by Gasteiger charge is 2.05. The molecule has 8 nitrogen and oxygen atoms in total. The van der Waals surface area contributed by atoms with Gasteiger partial charge in [-0.15, -0.1) is 0 Å². The fraction of sp³-hybridized carbons (Fsp3) is 0.500. The number of hydrogen-bond donors (Lipinski definition) is 2. The van der Waals surface area contributed by atoms with Crippen LogP contribution < -0.4 is 11.5 Å². The van der Waals surface area contributed by atoms with Crippen molar-refractivity contribution in [2.24, 2.45) is 0 Å².